The van der Waals surface area contributed by atoms with E-state index in [9.17, 15) is 4.79 Å². The van der Waals surface area contributed by atoms with E-state index in [2.05, 4.69) is 45.0 Å². The maximum absolute atomic E-state index is 13.7. The molecule has 1 amide bonds. The van der Waals surface area contributed by atoms with Crippen molar-refractivity contribution < 1.29 is 4.79 Å². The monoisotopic (exact) mass is 485 g/mol. The first-order valence-electron chi connectivity index (χ1n) is 12.3. The summed E-state index contributed by atoms with van der Waals surface area (Å²) in [4.78, 5) is 21.2. The fourth-order valence-electron chi connectivity index (χ4n) is 6.05. The van der Waals surface area contributed by atoms with E-state index in [1.165, 1.54) is 31.2 Å². The lowest BCUT2D eigenvalue weighted by Crippen LogP contribution is -2.66. The highest BCUT2D eigenvalue weighted by atomic mass is 35.5. The number of nitrogens with zero attached hydrogens (tertiary/aromatic N) is 3. The maximum Gasteiger partial charge on any atom is 0.227 e. The molecule has 0 aromatic heterocycles. The lowest BCUT2D eigenvalue weighted by Gasteiger charge is -2.52. The average molecular weight is 486 g/mol. The van der Waals surface area contributed by atoms with Crippen LogP contribution in [0, 0.1) is 0 Å². The number of amides is 1. The third-order valence-electron chi connectivity index (χ3n) is 7.73. The van der Waals surface area contributed by atoms with Crippen LogP contribution in [-0.4, -0.2) is 64.9 Å². The van der Waals surface area contributed by atoms with E-state index in [0.29, 0.717) is 28.5 Å². The molecule has 3 atom stereocenters. The van der Waals surface area contributed by atoms with Crippen LogP contribution in [0.25, 0.3) is 0 Å². The molecule has 0 spiro atoms. The zero-order valence-electron chi connectivity index (χ0n) is 19.1. The summed E-state index contributed by atoms with van der Waals surface area (Å²) in [6, 6.07) is 17.4. The van der Waals surface area contributed by atoms with Crippen LogP contribution in [0.15, 0.2) is 48.5 Å². The molecule has 0 N–H and O–H groups in total. The largest absolute Gasteiger partial charge is 0.335 e. The molecule has 2 aromatic carbocycles. The summed E-state index contributed by atoms with van der Waals surface area (Å²) < 4.78 is 0. The number of piperazine rings is 1. The number of likely N-dealkylation sites (tertiary alicyclic amines) is 1. The van der Waals surface area contributed by atoms with Gasteiger partial charge in [-0.2, -0.15) is 0 Å². The van der Waals surface area contributed by atoms with E-state index in [4.69, 9.17) is 23.2 Å². The number of hydrogen-bond acceptors (Lipinski definition) is 3. The Balaban J connectivity index is 1.39. The molecule has 0 unspecified atom stereocenters. The van der Waals surface area contributed by atoms with Crippen molar-refractivity contribution >= 4 is 29.1 Å². The highest BCUT2D eigenvalue weighted by Gasteiger charge is 2.43. The van der Waals surface area contributed by atoms with E-state index in [1.54, 1.807) is 6.07 Å². The fourth-order valence-corrected chi connectivity index (χ4v) is 6.37. The Morgan fingerprint density at radius 3 is 2.39 bits per heavy atom. The van der Waals surface area contributed by atoms with Crippen LogP contribution in [0.1, 0.15) is 43.2 Å². The smallest absolute Gasteiger partial charge is 0.227 e. The van der Waals surface area contributed by atoms with Gasteiger partial charge in [0, 0.05) is 31.7 Å². The highest BCUT2D eigenvalue weighted by molar-refractivity contribution is 6.42. The third-order valence-corrected chi connectivity index (χ3v) is 8.46. The molecule has 0 radical (unpaired) electrons. The quantitative estimate of drug-likeness (QED) is 0.577. The van der Waals surface area contributed by atoms with Crippen molar-refractivity contribution in [2.45, 2.75) is 63.2 Å². The van der Waals surface area contributed by atoms with Gasteiger partial charge >= 0.3 is 0 Å². The van der Waals surface area contributed by atoms with Crippen molar-refractivity contribution in [3.05, 3.63) is 69.7 Å². The summed E-state index contributed by atoms with van der Waals surface area (Å²) in [6.07, 6.45) is 6.51. The van der Waals surface area contributed by atoms with E-state index in [1.807, 2.05) is 12.1 Å². The van der Waals surface area contributed by atoms with Gasteiger partial charge in [-0.25, -0.2) is 0 Å². The lowest BCUT2D eigenvalue weighted by molar-refractivity contribution is -0.141. The van der Waals surface area contributed by atoms with Crippen molar-refractivity contribution in [1.29, 1.82) is 0 Å². The Bertz CT molecular complexity index is 963. The maximum atomic E-state index is 13.7. The molecule has 33 heavy (non-hydrogen) atoms. The molecular weight excluding hydrogens is 453 g/mol. The average Bonchev–Trinajstić information content (AvgIpc) is 3.32. The Morgan fingerprint density at radius 2 is 1.64 bits per heavy atom. The van der Waals surface area contributed by atoms with Crippen LogP contribution in [-0.2, 0) is 17.8 Å². The van der Waals surface area contributed by atoms with Gasteiger partial charge in [-0.1, -0.05) is 66.0 Å². The van der Waals surface area contributed by atoms with Gasteiger partial charge in [-0.05, 0) is 62.0 Å². The first-order valence-corrected chi connectivity index (χ1v) is 13.1. The standard InChI is InChI=1S/C27H33Cl2N3O/c28-23-12-11-21(15-24(23)29)16-27(33)32-18-22-9-6-10-25(30-13-4-5-14-30)26(32)19-31(22)17-20-7-2-1-3-8-20/h1-3,7-8,11-12,15,22,25-26H,4-6,9-10,13-14,16-19H2/t22-,25-,26+/m1/s1. The lowest BCUT2D eigenvalue weighted by atomic mass is 9.87. The van der Waals surface area contributed by atoms with Crippen LogP contribution in [0.3, 0.4) is 0 Å². The molecule has 6 heteroatoms. The molecule has 4 aliphatic heterocycles. The Kier molecular flexibility index (Phi) is 7.27. The minimum Gasteiger partial charge on any atom is -0.335 e. The molecule has 4 heterocycles. The van der Waals surface area contributed by atoms with Crippen molar-refractivity contribution in [3.63, 3.8) is 0 Å². The summed E-state index contributed by atoms with van der Waals surface area (Å²) in [5.41, 5.74) is 2.29. The predicted octanol–water partition coefficient (Wildman–Crippen LogP) is 5.27. The number of carbonyl (C=O) groups excluding carboxylic acids is 1. The van der Waals surface area contributed by atoms with Gasteiger partial charge in [0.15, 0.2) is 0 Å². The fraction of sp³-hybridized carbons (Fsp3) is 0.519. The molecule has 0 saturated carbocycles. The molecule has 4 aliphatic rings. The van der Waals surface area contributed by atoms with Gasteiger partial charge in [0.1, 0.15) is 0 Å². The van der Waals surface area contributed by atoms with E-state index < -0.39 is 0 Å². The second-order valence-electron chi connectivity index (χ2n) is 9.85. The zero-order chi connectivity index (χ0) is 22.8. The molecular formula is C27H33Cl2N3O. The Hall–Kier alpha value is -1.59. The van der Waals surface area contributed by atoms with Gasteiger partial charge < -0.3 is 4.90 Å². The van der Waals surface area contributed by atoms with Crippen molar-refractivity contribution in [2.75, 3.05) is 26.2 Å². The minimum absolute atomic E-state index is 0.217. The van der Waals surface area contributed by atoms with Gasteiger partial charge in [0.05, 0.1) is 22.5 Å². The molecule has 4 nitrogen and oxygen atoms in total. The first kappa shape index (κ1) is 23.2. The van der Waals surface area contributed by atoms with Crippen LogP contribution in [0.5, 0.6) is 0 Å². The Morgan fingerprint density at radius 1 is 0.848 bits per heavy atom. The summed E-state index contributed by atoms with van der Waals surface area (Å²) in [5.74, 6) is 0.217. The van der Waals surface area contributed by atoms with Gasteiger partial charge in [-0.15, -0.1) is 0 Å². The number of fused-ring (bicyclic) bond motifs is 5. The molecule has 176 valence electrons. The Labute approximate surface area is 207 Å². The number of rotatable bonds is 5. The van der Waals surface area contributed by atoms with Crippen LogP contribution >= 0.6 is 23.2 Å². The van der Waals surface area contributed by atoms with E-state index >= 15 is 0 Å². The normalized spacial score (nSPS) is 26.4. The minimum atomic E-state index is 0.217. The predicted molar refractivity (Wildman–Crippen MR) is 135 cm³/mol. The summed E-state index contributed by atoms with van der Waals surface area (Å²) in [5, 5.41) is 1.05. The van der Waals surface area contributed by atoms with Crippen molar-refractivity contribution in [3.8, 4) is 0 Å². The summed E-state index contributed by atoms with van der Waals surface area (Å²) in [7, 11) is 0. The number of halogens is 2. The SMILES string of the molecule is O=C(Cc1ccc(Cl)c(Cl)c1)N1C[C@H]2CCC[C@@H](N3CCCC3)[C@@H]1CN2Cc1ccccc1. The van der Waals surface area contributed by atoms with Crippen LogP contribution in [0.2, 0.25) is 10.0 Å². The topological polar surface area (TPSA) is 26.8 Å². The van der Waals surface area contributed by atoms with Gasteiger partial charge in [-0.3, -0.25) is 14.6 Å². The second-order valence-corrected chi connectivity index (χ2v) is 10.7. The highest BCUT2D eigenvalue weighted by Crippen LogP contribution is 2.33. The summed E-state index contributed by atoms with van der Waals surface area (Å²) in [6.45, 7) is 5.07. The van der Waals surface area contributed by atoms with Crippen molar-refractivity contribution in [1.82, 2.24) is 14.7 Å². The molecule has 2 aromatic rings. The first-order chi connectivity index (χ1) is 16.1. The van der Waals surface area contributed by atoms with Crippen molar-refractivity contribution in [2.24, 2.45) is 0 Å². The molecule has 6 rings (SSSR count). The van der Waals surface area contributed by atoms with Crippen LogP contribution < -0.4 is 0 Å². The molecule has 4 saturated heterocycles. The molecule has 4 fully saturated rings. The number of hydrogen-bond donors (Lipinski definition) is 0. The third kappa shape index (κ3) is 5.24. The van der Waals surface area contributed by atoms with E-state index in [-0.39, 0.29) is 11.9 Å². The number of benzene rings is 2. The summed E-state index contributed by atoms with van der Waals surface area (Å²) >= 11 is 12.3. The van der Waals surface area contributed by atoms with E-state index in [0.717, 1.165) is 44.7 Å². The second kappa shape index (κ2) is 10.4. The molecule has 0 aliphatic carbocycles. The van der Waals surface area contributed by atoms with Crippen LogP contribution in [0.4, 0.5) is 0 Å². The number of carbonyl (C=O) groups is 1. The molecule has 2 bridgehead atoms. The zero-order valence-corrected chi connectivity index (χ0v) is 20.6. The van der Waals surface area contributed by atoms with Gasteiger partial charge in [0.2, 0.25) is 5.91 Å². The van der Waals surface area contributed by atoms with Gasteiger partial charge in [0.25, 0.3) is 0 Å².